The number of carbonyl (C=O) groups is 2. The van der Waals surface area contributed by atoms with E-state index in [1.165, 1.54) is 0 Å². The predicted molar refractivity (Wildman–Crippen MR) is 117 cm³/mol. The first kappa shape index (κ1) is 19.7. The van der Waals surface area contributed by atoms with Crippen LogP contribution in [0.1, 0.15) is 27.1 Å². The van der Waals surface area contributed by atoms with Gasteiger partial charge in [-0.3, -0.25) is 9.59 Å². The summed E-state index contributed by atoms with van der Waals surface area (Å²) >= 11 is 12.0. The first-order valence-electron chi connectivity index (χ1n) is 9.56. The maximum absolute atomic E-state index is 13.2. The molecular formula is C23H20Cl2N2O2. The minimum absolute atomic E-state index is 0.00522. The molecular weight excluding hydrogens is 407 g/mol. The van der Waals surface area contributed by atoms with Gasteiger partial charge in [0.05, 0.1) is 10.0 Å². The third-order valence-electron chi connectivity index (χ3n) is 5.26. The Labute approximate surface area is 179 Å². The van der Waals surface area contributed by atoms with Crippen LogP contribution in [0.2, 0.25) is 10.0 Å². The Morgan fingerprint density at radius 1 is 0.724 bits per heavy atom. The number of hydrogen-bond acceptors (Lipinski definition) is 2. The van der Waals surface area contributed by atoms with Gasteiger partial charge in [0, 0.05) is 37.3 Å². The van der Waals surface area contributed by atoms with E-state index >= 15 is 0 Å². The Morgan fingerprint density at radius 3 is 2.17 bits per heavy atom. The van der Waals surface area contributed by atoms with E-state index in [0.29, 0.717) is 47.4 Å². The fourth-order valence-corrected chi connectivity index (χ4v) is 4.02. The molecule has 0 spiro atoms. The van der Waals surface area contributed by atoms with Crippen molar-refractivity contribution in [1.82, 2.24) is 9.80 Å². The van der Waals surface area contributed by atoms with Crippen LogP contribution in [0.5, 0.6) is 0 Å². The quantitative estimate of drug-likeness (QED) is 0.569. The Bertz CT molecular complexity index is 1080. The van der Waals surface area contributed by atoms with Crippen molar-refractivity contribution in [3.05, 3.63) is 81.8 Å². The molecule has 1 aliphatic heterocycles. The fraction of sp³-hybridized carbons (Fsp3) is 0.217. The lowest BCUT2D eigenvalue weighted by atomic mass is 10.0. The summed E-state index contributed by atoms with van der Waals surface area (Å²) in [6, 6.07) is 18.6. The lowest BCUT2D eigenvalue weighted by Crippen LogP contribution is -2.37. The van der Waals surface area contributed by atoms with Gasteiger partial charge in [0.2, 0.25) is 0 Å². The van der Waals surface area contributed by atoms with E-state index in [-0.39, 0.29) is 11.8 Å². The molecule has 0 aliphatic carbocycles. The maximum atomic E-state index is 13.2. The van der Waals surface area contributed by atoms with Gasteiger partial charge in [-0.2, -0.15) is 0 Å². The Kier molecular flexibility index (Phi) is 5.74. The molecule has 0 atom stereocenters. The van der Waals surface area contributed by atoms with Crippen molar-refractivity contribution < 1.29 is 9.59 Å². The standard InChI is InChI=1S/C23H20Cl2N2O2/c24-20-10-9-17(15-21(20)25)22(28)26-11-4-12-27(14-13-26)23(29)19-8-3-6-16-5-1-2-7-18(16)19/h1-3,5-10,15H,4,11-14H2. The van der Waals surface area contributed by atoms with Crippen LogP contribution in [0.3, 0.4) is 0 Å². The van der Waals surface area contributed by atoms with Crippen LogP contribution >= 0.6 is 23.2 Å². The number of fused-ring (bicyclic) bond motifs is 1. The number of rotatable bonds is 2. The molecule has 2 amide bonds. The second kappa shape index (κ2) is 8.44. The second-order valence-corrected chi connectivity index (χ2v) is 7.91. The van der Waals surface area contributed by atoms with Crippen molar-refractivity contribution in [2.24, 2.45) is 0 Å². The summed E-state index contributed by atoms with van der Waals surface area (Å²) in [4.78, 5) is 29.7. The lowest BCUT2D eigenvalue weighted by Gasteiger charge is -2.23. The molecule has 1 aliphatic rings. The van der Waals surface area contributed by atoms with E-state index in [1.54, 1.807) is 23.1 Å². The summed E-state index contributed by atoms with van der Waals surface area (Å²) in [5.74, 6) is -0.0892. The van der Waals surface area contributed by atoms with Crippen LogP contribution in [0.25, 0.3) is 10.8 Å². The highest BCUT2D eigenvalue weighted by molar-refractivity contribution is 6.42. The van der Waals surface area contributed by atoms with Crippen LogP contribution in [0.4, 0.5) is 0 Å². The van der Waals surface area contributed by atoms with Crippen LogP contribution in [0, 0.1) is 0 Å². The number of hydrogen-bond donors (Lipinski definition) is 0. The van der Waals surface area contributed by atoms with E-state index in [1.807, 2.05) is 47.4 Å². The molecule has 3 aromatic carbocycles. The molecule has 0 aromatic heterocycles. The van der Waals surface area contributed by atoms with Gasteiger partial charge in [-0.05, 0) is 41.5 Å². The van der Waals surface area contributed by atoms with Gasteiger partial charge in [-0.25, -0.2) is 0 Å². The average molecular weight is 427 g/mol. The monoisotopic (exact) mass is 426 g/mol. The van der Waals surface area contributed by atoms with Gasteiger partial charge in [-0.15, -0.1) is 0 Å². The molecule has 1 heterocycles. The molecule has 0 unspecified atom stereocenters. The number of benzene rings is 3. The highest BCUT2D eigenvalue weighted by atomic mass is 35.5. The summed E-state index contributed by atoms with van der Waals surface area (Å²) in [5.41, 5.74) is 1.21. The molecule has 4 nitrogen and oxygen atoms in total. The SMILES string of the molecule is O=C(c1ccc(Cl)c(Cl)c1)N1CCCN(C(=O)c2cccc3ccccc23)CC1. The molecule has 148 valence electrons. The van der Waals surface area contributed by atoms with E-state index in [9.17, 15) is 9.59 Å². The minimum Gasteiger partial charge on any atom is -0.337 e. The van der Waals surface area contributed by atoms with Gasteiger partial charge in [0.15, 0.2) is 0 Å². The smallest absolute Gasteiger partial charge is 0.254 e. The number of nitrogens with zero attached hydrogens (tertiary/aromatic N) is 2. The van der Waals surface area contributed by atoms with Crippen molar-refractivity contribution in [1.29, 1.82) is 0 Å². The van der Waals surface area contributed by atoms with Crippen molar-refractivity contribution in [3.8, 4) is 0 Å². The van der Waals surface area contributed by atoms with Gasteiger partial charge in [0.25, 0.3) is 11.8 Å². The summed E-state index contributed by atoms with van der Waals surface area (Å²) in [5, 5.41) is 2.78. The summed E-state index contributed by atoms with van der Waals surface area (Å²) in [6.07, 6.45) is 0.726. The van der Waals surface area contributed by atoms with Gasteiger partial charge in [-0.1, -0.05) is 59.6 Å². The molecule has 6 heteroatoms. The van der Waals surface area contributed by atoms with E-state index in [0.717, 1.165) is 17.2 Å². The van der Waals surface area contributed by atoms with E-state index < -0.39 is 0 Å². The Balaban J connectivity index is 1.50. The Hall–Kier alpha value is -2.56. The minimum atomic E-state index is -0.0944. The first-order chi connectivity index (χ1) is 14.0. The highest BCUT2D eigenvalue weighted by Crippen LogP contribution is 2.24. The number of amides is 2. The molecule has 3 aromatic rings. The number of carbonyl (C=O) groups excluding carboxylic acids is 2. The lowest BCUT2D eigenvalue weighted by molar-refractivity contribution is 0.0719. The summed E-state index contributed by atoms with van der Waals surface area (Å²) in [7, 11) is 0. The number of halogens is 2. The second-order valence-electron chi connectivity index (χ2n) is 7.09. The van der Waals surface area contributed by atoms with Crippen LogP contribution in [-0.4, -0.2) is 47.8 Å². The topological polar surface area (TPSA) is 40.6 Å². The molecule has 0 bridgehead atoms. The molecule has 0 saturated carbocycles. The molecule has 0 radical (unpaired) electrons. The third-order valence-corrected chi connectivity index (χ3v) is 6.00. The largest absolute Gasteiger partial charge is 0.337 e. The van der Waals surface area contributed by atoms with Gasteiger partial charge >= 0.3 is 0 Å². The van der Waals surface area contributed by atoms with Gasteiger partial charge < -0.3 is 9.80 Å². The molecule has 4 rings (SSSR count). The van der Waals surface area contributed by atoms with Crippen LogP contribution in [-0.2, 0) is 0 Å². The van der Waals surface area contributed by atoms with Crippen molar-refractivity contribution in [2.75, 3.05) is 26.2 Å². The predicted octanol–water partition coefficient (Wildman–Crippen LogP) is 5.13. The summed E-state index contributed by atoms with van der Waals surface area (Å²) in [6.45, 7) is 2.19. The van der Waals surface area contributed by atoms with Crippen molar-refractivity contribution in [2.45, 2.75) is 6.42 Å². The molecule has 1 saturated heterocycles. The molecule has 1 fully saturated rings. The van der Waals surface area contributed by atoms with Crippen LogP contribution < -0.4 is 0 Å². The maximum Gasteiger partial charge on any atom is 0.254 e. The van der Waals surface area contributed by atoms with E-state index in [4.69, 9.17) is 23.2 Å². The Morgan fingerprint density at radius 2 is 1.41 bits per heavy atom. The third kappa shape index (κ3) is 4.09. The van der Waals surface area contributed by atoms with Crippen molar-refractivity contribution in [3.63, 3.8) is 0 Å². The van der Waals surface area contributed by atoms with Crippen molar-refractivity contribution >= 4 is 45.8 Å². The van der Waals surface area contributed by atoms with Crippen LogP contribution in [0.15, 0.2) is 60.7 Å². The molecule has 0 N–H and O–H groups in total. The zero-order valence-corrected chi connectivity index (χ0v) is 17.3. The van der Waals surface area contributed by atoms with Gasteiger partial charge in [0.1, 0.15) is 0 Å². The fourth-order valence-electron chi connectivity index (χ4n) is 3.72. The highest BCUT2D eigenvalue weighted by Gasteiger charge is 2.24. The average Bonchev–Trinajstić information content (AvgIpc) is 3.00. The summed E-state index contributed by atoms with van der Waals surface area (Å²) < 4.78 is 0. The van der Waals surface area contributed by atoms with E-state index in [2.05, 4.69) is 0 Å². The zero-order valence-electron chi connectivity index (χ0n) is 15.8. The normalized spacial score (nSPS) is 14.7. The first-order valence-corrected chi connectivity index (χ1v) is 10.3. The molecule has 29 heavy (non-hydrogen) atoms. The zero-order chi connectivity index (χ0) is 20.4.